The molecule has 24 heavy (non-hydrogen) atoms. The molecule has 0 bridgehead atoms. The Morgan fingerprint density at radius 2 is 2.04 bits per heavy atom. The minimum Gasteiger partial charge on any atom is -0.446 e. The topological polar surface area (TPSA) is 86.9 Å². The highest BCUT2D eigenvalue weighted by atomic mass is 79.9. The molecule has 1 amide bonds. The first kappa shape index (κ1) is 16.8. The standard InChI is InChI=1S/C16H15BrN4O2S/c1-10(14(18)22)24-16-20-19-15(12-7-8-13(17)23-12)21(16)9-11-5-3-2-4-6-11/h2-8,10H,9H2,1H3,(H2,18,22). The van der Waals surface area contributed by atoms with E-state index in [-0.39, 0.29) is 0 Å². The van der Waals surface area contributed by atoms with Crippen LogP contribution in [0, 0.1) is 0 Å². The van der Waals surface area contributed by atoms with Crippen LogP contribution in [0.5, 0.6) is 0 Å². The van der Waals surface area contributed by atoms with Crippen molar-refractivity contribution in [1.82, 2.24) is 14.8 Å². The number of hydrogen-bond donors (Lipinski definition) is 1. The average Bonchev–Trinajstić information content (AvgIpc) is 3.15. The predicted molar refractivity (Wildman–Crippen MR) is 95.5 cm³/mol. The van der Waals surface area contributed by atoms with Gasteiger partial charge in [-0.3, -0.25) is 9.36 Å². The number of rotatable bonds is 6. The first-order chi connectivity index (χ1) is 11.5. The van der Waals surface area contributed by atoms with E-state index in [0.29, 0.717) is 28.0 Å². The zero-order chi connectivity index (χ0) is 17.1. The average molecular weight is 407 g/mol. The molecule has 0 radical (unpaired) electrons. The van der Waals surface area contributed by atoms with Gasteiger partial charge in [0.1, 0.15) is 0 Å². The summed E-state index contributed by atoms with van der Waals surface area (Å²) >= 11 is 4.58. The summed E-state index contributed by atoms with van der Waals surface area (Å²) in [6.07, 6.45) is 0. The molecule has 1 atom stereocenters. The Labute approximate surface area is 151 Å². The van der Waals surface area contributed by atoms with E-state index in [9.17, 15) is 4.79 Å². The fourth-order valence-electron chi connectivity index (χ4n) is 2.12. The molecule has 0 aliphatic heterocycles. The smallest absolute Gasteiger partial charge is 0.230 e. The van der Waals surface area contributed by atoms with Crippen LogP contribution in [0.4, 0.5) is 0 Å². The highest BCUT2D eigenvalue weighted by molar-refractivity contribution is 9.10. The molecular weight excluding hydrogens is 392 g/mol. The highest BCUT2D eigenvalue weighted by Crippen LogP contribution is 2.29. The van der Waals surface area contributed by atoms with E-state index in [1.165, 1.54) is 11.8 Å². The third-order valence-corrected chi connectivity index (χ3v) is 4.90. The van der Waals surface area contributed by atoms with Gasteiger partial charge >= 0.3 is 0 Å². The largest absolute Gasteiger partial charge is 0.446 e. The lowest BCUT2D eigenvalue weighted by molar-refractivity contribution is -0.117. The third-order valence-electron chi connectivity index (χ3n) is 3.38. The summed E-state index contributed by atoms with van der Waals surface area (Å²) in [6, 6.07) is 13.6. The van der Waals surface area contributed by atoms with E-state index in [4.69, 9.17) is 10.2 Å². The molecule has 1 aromatic carbocycles. The second-order valence-electron chi connectivity index (χ2n) is 5.14. The summed E-state index contributed by atoms with van der Waals surface area (Å²) in [5.74, 6) is 0.809. The highest BCUT2D eigenvalue weighted by Gasteiger charge is 2.21. The first-order valence-electron chi connectivity index (χ1n) is 7.23. The fraction of sp³-hybridized carbons (Fsp3) is 0.188. The minimum atomic E-state index is -0.403. The van der Waals surface area contributed by atoms with Crippen LogP contribution in [-0.2, 0) is 11.3 Å². The van der Waals surface area contributed by atoms with E-state index in [1.807, 2.05) is 41.0 Å². The van der Waals surface area contributed by atoms with Gasteiger partial charge in [-0.25, -0.2) is 0 Å². The molecule has 124 valence electrons. The van der Waals surface area contributed by atoms with Crippen LogP contribution >= 0.6 is 27.7 Å². The van der Waals surface area contributed by atoms with Crippen LogP contribution in [0.25, 0.3) is 11.6 Å². The molecule has 3 aromatic rings. The second-order valence-corrected chi connectivity index (χ2v) is 7.23. The lowest BCUT2D eigenvalue weighted by Crippen LogP contribution is -2.23. The molecule has 0 spiro atoms. The predicted octanol–water partition coefficient (Wildman–Crippen LogP) is 3.31. The van der Waals surface area contributed by atoms with Gasteiger partial charge in [0.15, 0.2) is 15.6 Å². The van der Waals surface area contributed by atoms with Crippen molar-refractivity contribution in [2.24, 2.45) is 5.73 Å². The lowest BCUT2D eigenvalue weighted by atomic mass is 10.2. The minimum absolute atomic E-state index is 0.392. The molecule has 2 heterocycles. The van der Waals surface area contributed by atoms with Gasteiger partial charge in [-0.1, -0.05) is 42.1 Å². The number of hydrogen-bond acceptors (Lipinski definition) is 5. The number of nitrogens with two attached hydrogens (primary N) is 1. The Morgan fingerprint density at radius 3 is 2.67 bits per heavy atom. The zero-order valence-corrected chi connectivity index (χ0v) is 15.3. The maximum Gasteiger partial charge on any atom is 0.230 e. The van der Waals surface area contributed by atoms with Gasteiger partial charge < -0.3 is 10.2 Å². The van der Waals surface area contributed by atoms with Crippen LogP contribution in [0.1, 0.15) is 12.5 Å². The van der Waals surface area contributed by atoms with Crippen molar-refractivity contribution in [2.45, 2.75) is 23.9 Å². The molecule has 0 saturated heterocycles. The fourth-order valence-corrected chi connectivity index (χ4v) is 3.22. The molecular formula is C16H15BrN4O2S. The number of carbonyl (C=O) groups is 1. The second kappa shape index (κ2) is 7.23. The van der Waals surface area contributed by atoms with Crippen molar-refractivity contribution >= 4 is 33.6 Å². The van der Waals surface area contributed by atoms with Crippen LogP contribution in [0.2, 0.25) is 0 Å². The molecule has 0 fully saturated rings. The molecule has 3 rings (SSSR count). The SMILES string of the molecule is CC(Sc1nnc(-c2ccc(Br)o2)n1Cc1ccccc1)C(N)=O. The van der Waals surface area contributed by atoms with Gasteiger partial charge in [0.25, 0.3) is 0 Å². The molecule has 8 heteroatoms. The van der Waals surface area contributed by atoms with E-state index in [2.05, 4.69) is 26.1 Å². The Balaban J connectivity index is 2.00. The van der Waals surface area contributed by atoms with Gasteiger partial charge in [0.2, 0.25) is 11.7 Å². The number of benzene rings is 1. The van der Waals surface area contributed by atoms with Gasteiger partial charge in [-0.05, 0) is 40.5 Å². The first-order valence-corrected chi connectivity index (χ1v) is 8.90. The van der Waals surface area contributed by atoms with Gasteiger partial charge in [0.05, 0.1) is 11.8 Å². The summed E-state index contributed by atoms with van der Waals surface area (Å²) in [7, 11) is 0. The van der Waals surface area contributed by atoms with Crippen molar-refractivity contribution in [3.05, 3.63) is 52.7 Å². The number of amides is 1. The number of furan rings is 1. The summed E-state index contributed by atoms with van der Waals surface area (Å²) in [6.45, 7) is 2.31. The van der Waals surface area contributed by atoms with Crippen LogP contribution in [-0.4, -0.2) is 25.9 Å². The number of nitrogens with zero attached hydrogens (tertiary/aromatic N) is 3. The monoisotopic (exact) mass is 406 g/mol. The summed E-state index contributed by atoms with van der Waals surface area (Å²) in [5.41, 5.74) is 6.46. The van der Waals surface area contributed by atoms with E-state index in [1.54, 1.807) is 13.0 Å². The number of halogens is 1. The van der Waals surface area contributed by atoms with E-state index < -0.39 is 11.2 Å². The number of carbonyl (C=O) groups excluding carboxylic acids is 1. The van der Waals surface area contributed by atoms with Crippen molar-refractivity contribution < 1.29 is 9.21 Å². The van der Waals surface area contributed by atoms with E-state index in [0.717, 1.165) is 5.56 Å². The summed E-state index contributed by atoms with van der Waals surface area (Å²) in [5, 5.41) is 8.66. The third kappa shape index (κ3) is 3.70. The zero-order valence-electron chi connectivity index (χ0n) is 12.8. The Hall–Kier alpha value is -2.06. The van der Waals surface area contributed by atoms with Crippen LogP contribution in [0.3, 0.4) is 0 Å². The molecule has 0 aliphatic carbocycles. The molecule has 1 unspecified atom stereocenters. The molecule has 0 aliphatic rings. The molecule has 2 N–H and O–H groups in total. The summed E-state index contributed by atoms with van der Waals surface area (Å²) < 4.78 is 8.14. The Bertz CT molecular complexity index is 847. The van der Waals surface area contributed by atoms with Gasteiger partial charge in [-0.2, -0.15) is 0 Å². The van der Waals surface area contributed by atoms with Crippen molar-refractivity contribution in [3.63, 3.8) is 0 Å². The van der Waals surface area contributed by atoms with E-state index >= 15 is 0 Å². The Kier molecular flexibility index (Phi) is 5.06. The van der Waals surface area contributed by atoms with Crippen LogP contribution < -0.4 is 5.73 Å². The normalized spacial score (nSPS) is 12.2. The number of aromatic nitrogens is 3. The number of thioether (sulfide) groups is 1. The molecule has 2 aromatic heterocycles. The van der Waals surface area contributed by atoms with Gasteiger partial charge in [0, 0.05) is 0 Å². The maximum atomic E-state index is 11.4. The quantitative estimate of drug-likeness (QED) is 0.634. The van der Waals surface area contributed by atoms with Crippen molar-refractivity contribution in [1.29, 1.82) is 0 Å². The molecule has 0 saturated carbocycles. The van der Waals surface area contributed by atoms with Crippen molar-refractivity contribution in [3.8, 4) is 11.6 Å². The lowest BCUT2D eigenvalue weighted by Gasteiger charge is -2.11. The van der Waals surface area contributed by atoms with Gasteiger partial charge in [-0.15, -0.1) is 10.2 Å². The maximum absolute atomic E-state index is 11.4. The Morgan fingerprint density at radius 1 is 1.29 bits per heavy atom. The van der Waals surface area contributed by atoms with Crippen molar-refractivity contribution in [2.75, 3.05) is 0 Å². The van der Waals surface area contributed by atoms with Crippen LogP contribution in [0.15, 0.2) is 56.7 Å². The summed E-state index contributed by atoms with van der Waals surface area (Å²) in [4.78, 5) is 11.4. The number of primary amides is 1. The molecule has 6 nitrogen and oxygen atoms in total.